The minimum Gasteiger partial charge on any atom is -0.496 e. The minimum atomic E-state index is -0.804. The summed E-state index contributed by atoms with van der Waals surface area (Å²) in [6.07, 6.45) is 1.44. The van der Waals surface area contributed by atoms with Gasteiger partial charge in [-0.3, -0.25) is 9.69 Å². The molecule has 162 valence electrons. The fourth-order valence-corrected chi connectivity index (χ4v) is 4.64. The second-order valence-corrected chi connectivity index (χ2v) is 7.65. The lowest BCUT2D eigenvalue weighted by atomic mass is 9.91. The van der Waals surface area contributed by atoms with Crippen LogP contribution in [0.1, 0.15) is 30.0 Å². The van der Waals surface area contributed by atoms with Gasteiger partial charge in [0.1, 0.15) is 11.8 Å². The van der Waals surface area contributed by atoms with Crippen LogP contribution >= 0.6 is 0 Å². The van der Waals surface area contributed by atoms with Crippen molar-refractivity contribution in [2.75, 3.05) is 27.9 Å². The Hall–Kier alpha value is -3.25. The average molecular weight is 421 g/mol. The van der Waals surface area contributed by atoms with Crippen molar-refractivity contribution >= 4 is 16.7 Å². The van der Waals surface area contributed by atoms with Crippen LogP contribution in [0.4, 0.5) is 0 Å². The molecule has 3 aromatic carbocycles. The van der Waals surface area contributed by atoms with Crippen LogP contribution in [0, 0.1) is 0 Å². The first-order valence-electron chi connectivity index (χ1n) is 10.3. The van der Waals surface area contributed by atoms with Gasteiger partial charge in [0.15, 0.2) is 11.5 Å². The van der Waals surface area contributed by atoms with Crippen LogP contribution in [-0.2, 0) is 4.79 Å². The van der Waals surface area contributed by atoms with Gasteiger partial charge in [-0.05, 0) is 35.2 Å². The van der Waals surface area contributed by atoms with Gasteiger partial charge >= 0.3 is 5.97 Å². The Morgan fingerprint density at radius 2 is 1.61 bits per heavy atom. The van der Waals surface area contributed by atoms with E-state index in [2.05, 4.69) is 29.2 Å². The SMILES string of the molecule is COc1cc(OC)c(C(c2cccc3ccccc23)N2CCCC2C(=O)O)cc1OC. The van der Waals surface area contributed by atoms with Gasteiger partial charge in [0.05, 0.1) is 27.4 Å². The summed E-state index contributed by atoms with van der Waals surface area (Å²) in [5.74, 6) is 0.972. The Kier molecular flexibility index (Phi) is 6.00. The fourth-order valence-electron chi connectivity index (χ4n) is 4.64. The summed E-state index contributed by atoms with van der Waals surface area (Å²) in [5, 5.41) is 12.1. The second-order valence-electron chi connectivity index (χ2n) is 7.65. The monoisotopic (exact) mass is 421 g/mol. The highest BCUT2D eigenvalue weighted by Crippen LogP contribution is 2.45. The molecular formula is C25H27NO5. The van der Waals surface area contributed by atoms with Gasteiger partial charge in [-0.2, -0.15) is 0 Å². The van der Waals surface area contributed by atoms with Crippen molar-refractivity contribution in [3.8, 4) is 17.2 Å². The smallest absolute Gasteiger partial charge is 0.320 e. The molecule has 6 nitrogen and oxygen atoms in total. The summed E-state index contributed by atoms with van der Waals surface area (Å²) in [5.41, 5.74) is 1.89. The molecule has 1 aliphatic heterocycles. The predicted molar refractivity (Wildman–Crippen MR) is 119 cm³/mol. The molecule has 0 aliphatic carbocycles. The third-order valence-electron chi connectivity index (χ3n) is 6.06. The topological polar surface area (TPSA) is 68.2 Å². The van der Waals surface area contributed by atoms with Crippen molar-refractivity contribution in [2.45, 2.75) is 24.9 Å². The van der Waals surface area contributed by atoms with Crippen molar-refractivity contribution in [3.05, 3.63) is 65.7 Å². The van der Waals surface area contributed by atoms with Crippen molar-refractivity contribution < 1.29 is 24.1 Å². The number of ether oxygens (including phenoxy) is 3. The van der Waals surface area contributed by atoms with Crippen LogP contribution in [0.15, 0.2) is 54.6 Å². The number of rotatable bonds is 7. The zero-order chi connectivity index (χ0) is 22.0. The Morgan fingerprint density at radius 3 is 2.32 bits per heavy atom. The maximum absolute atomic E-state index is 12.1. The number of fused-ring (bicyclic) bond motifs is 1. The summed E-state index contributed by atoms with van der Waals surface area (Å²) >= 11 is 0. The highest BCUT2D eigenvalue weighted by molar-refractivity contribution is 5.87. The van der Waals surface area contributed by atoms with Gasteiger partial charge in [-0.15, -0.1) is 0 Å². The molecule has 31 heavy (non-hydrogen) atoms. The molecule has 2 atom stereocenters. The number of likely N-dealkylation sites (tertiary alicyclic amines) is 1. The van der Waals surface area contributed by atoms with Gasteiger partial charge in [0.2, 0.25) is 0 Å². The van der Waals surface area contributed by atoms with Crippen LogP contribution in [0.3, 0.4) is 0 Å². The lowest BCUT2D eigenvalue weighted by Gasteiger charge is -2.34. The largest absolute Gasteiger partial charge is 0.496 e. The first kappa shape index (κ1) is 21.0. The molecule has 1 saturated heterocycles. The van der Waals surface area contributed by atoms with Crippen molar-refractivity contribution in [2.24, 2.45) is 0 Å². The van der Waals surface area contributed by atoms with Crippen LogP contribution in [0.25, 0.3) is 10.8 Å². The number of methoxy groups -OCH3 is 3. The third-order valence-corrected chi connectivity index (χ3v) is 6.06. The predicted octanol–water partition coefficient (Wildman–Crippen LogP) is 4.50. The summed E-state index contributed by atoms with van der Waals surface area (Å²) in [6, 6.07) is 17.1. The molecular weight excluding hydrogens is 394 g/mol. The highest BCUT2D eigenvalue weighted by Gasteiger charge is 2.39. The number of benzene rings is 3. The van der Waals surface area contributed by atoms with Gasteiger partial charge < -0.3 is 19.3 Å². The standard InChI is InChI=1S/C25H27NO5/c1-29-21-15-23(31-3)22(30-2)14-19(21)24(26-13-7-12-20(26)25(27)28)18-11-6-9-16-8-4-5-10-17(16)18/h4-6,8-11,14-15,20,24H,7,12-13H2,1-3H3,(H,27,28). The van der Waals surface area contributed by atoms with Gasteiger partial charge in [0, 0.05) is 18.2 Å². The molecule has 1 heterocycles. The molecule has 1 aliphatic rings. The van der Waals surface area contributed by atoms with Crippen LogP contribution in [0.5, 0.6) is 17.2 Å². The summed E-state index contributed by atoms with van der Waals surface area (Å²) in [6.45, 7) is 0.683. The van der Waals surface area contributed by atoms with Gasteiger partial charge in [-0.25, -0.2) is 0 Å². The number of carboxylic acid groups (broad SMARTS) is 1. The van der Waals surface area contributed by atoms with E-state index >= 15 is 0 Å². The molecule has 0 spiro atoms. The molecule has 0 bridgehead atoms. The van der Waals surface area contributed by atoms with E-state index in [1.54, 1.807) is 27.4 Å². The molecule has 3 aromatic rings. The quantitative estimate of drug-likeness (QED) is 0.606. The summed E-state index contributed by atoms with van der Waals surface area (Å²) in [4.78, 5) is 14.2. The molecule has 0 amide bonds. The second kappa shape index (κ2) is 8.86. The molecule has 0 saturated carbocycles. The molecule has 0 aromatic heterocycles. The molecule has 0 radical (unpaired) electrons. The van der Waals surface area contributed by atoms with E-state index in [9.17, 15) is 9.90 Å². The maximum atomic E-state index is 12.1. The summed E-state index contributed by atoms with van der Waals surface area (Å²) in [7, 11) is 4.79. The van der Waals surface area contributed by atoms with E-state index in [-0.39, 0.29) is 6.04 Å². The Bertz CT molecular complexity index is 1090. The molecule has 2 unspecified atom stereocenters. The number of carboxylic acids is 1. The van der Waals surface area contributed by atoms with Gasteiger partial charge in [-0.1, -0.05) is 42.5 Å². The molecule has 6 heteroatoms. The lowest BCUT2D eigenvalue weighted by Crippen LogP contribution is -2.39. The number of carbonyl (C=O) groups is 1. The van der Waals surface area contributed by atoms with Crippen LogP contribution in [0.2, 0.25) is 0 Å². The van der Waals surface area contributed by atoms with Crippen LogP contribution < -0.4 is 14.2 Å². The van der Waals surface area contributed by atoms with E-state index in [1.807, 2.05) is 24.3 Å². The zero-order valence-electron chi connectivity index (χ0n) is 18.0. The highest BCUT2D eigenvalue weighted by atomic mass is 16.5. The van der Waals surface area contributed by atoms with E-state index in [0.717, 1.165) is 28.3 Å². The van der Waals surface area contributed by atoms with E-state index in [1.165, 1.54) is 0 Å². The van der Waals surface area contributed by atoms with E-state index < -0.39 is 12.0 Å². The van der Waals surface area contributed by atoms with Gasteiger partial charge in [0.25, 0.3) is 0 Å². The lowest BCUT2D eigenvalue weighted by molar-refractivity contribution is -0.142. The number of hydrogen-bond acceptors (Lipinski definition) is 5. The van der Waals surface area contributed by atoms with Crippen LogP contribution in [-0.4, -0.2) is 49.9 Å². The Labute approximate surface area is 182 Å². The van der Waals surface area contributed by atoms with Crippen molar-refractivity contribution in [1.82, 2.24) is 4.90 Å². The fraction of sp³-hybridized carbons (Fsp3) is 0.320. The number of aliphatic carboxylic acids is 1. The third kappa shape index (κ3) is 3.79. The minimum absolute atomic E-state index is 0.315. The molecule has 1 fully saturated rings. The Morgan fingerprint density at radius 1 is 0.935 bits per heavy atom. The van der Waals surface area contributed by atoms with E-state index in [4.69, 9.17) is 14.2 Å². The van der Waals surface area contributed by atoms with E-state index in [0.29, 0.717) is 30.2 Å². The zero-order valence-corrected chi connectivity index (χ0v) is 18.0. The maximum Gasteiger partial charge on any atom is 0.320 e. The van der Waals surface area contributed by atoms with Crippen molar-refractivity contribution in [1.29, 1.82) is 0 Å². The average Bonchev–Trinajstić information content (AvgIpc) is 3.29. The number of nitrogens with zero attached hydrogens (tertiary/aromatic N) is 1. The molecule has 4 rings (SSSR count). The first-order chi connectivity index (χ1) is 15.1. The van der Waals surface area contributed by atoms with Crippen molar-refractivity contribution in [3.63, 3.8) is 0 Å². The molecule has 1 N–H and O–H groups in total. The normalized spacial score (nSPS) is 17.5. The summed E-state index contributed by atoms with van der Waals surface area (Å²) < 4.78 is 16.8. The first-order valence-corrected chi connectivity index (χ1v) is 10.3. The number of hydrogen-bond donors (Lipinski definition) is 1. The Balaban J connectivity index is 1.99.